The standard InChI is InChI=1S/C21H15ClN2O3/c1-11-9-18(21(26)27)23-17(11)10-15-19-14(12-5-7-13(22)8-6-12)3-2-4-16(19)24-20(15)25/h2-10,23H,1H3,(H,24,25)(H,26,27). The number of hydrogen-bond donors (Lipinski definition) is 3. The molecule has 6 heteroatoms. The fourth-order valence-electron chi connectivity index (χ4n) is 3.24. The maximum absolute atomic E-state index is 12.6. The van der Waals surface area contributed by atoms with Crippen LogP contribution in [0.5, 0.6) is 0 Å². The number of aromatic carboxylic acids is 1. The summed E-state index contributed by atoms with van der Waals surface area (Å²) in [6.45, 7) is 1.80. The van der Waals surface area contributed by atoms with E-state index in [1.165, 1.54) is 0 Å². The Hall–Kier alpha value is -3.31. The lowest BCUT2D eigenvalue weighted by Crippen LogP contribution is -2.03. The van der Waals surface area contributed by atoms with Crippen molar-refractivity contribution in [2.45, 2.75) is 6.92 Å². The van der Waals surface area contributed by atoms with Gasteiger partial charge in [-0.2, -0.15) is 0 Å². The van der Waals surface area contributed by atoms with Gasteiger partial charge in [0.25, 0.3) is 5.91 Å². The van der Waals surface area contributed by atoms with Gasteiger partial charge >= 0.3 is 5.97 Å². The molecule has 0 saturated carbocycles. The van der Waals surface area contributed by atoms with Gasteiger partial charge in [0, 0.05) is 22.0 Å². The Labute approximate surface area is 160 Å². The van der Waals surface area contributed by atoms with Crippen LogP contribution >= 0.6 is 11.6 Å². The summed E-state index contributed by atoms with van der Waals surface area (Å²) in [5, 5.41) is 12.7. The van der Waals surface area contributed by atoms with Gasteiger partial charge in [-0.05, 0) is 54.0 Å². The molecule has 3 aromatic rings. The average Bonchev–Trinajstić information content (AvgIpc) is 3.16. The van der Waals surface area contributed by atoms with Gasteiger partial charge in [0.2, 0.25) is 0 Å². The van der Waals surface area contributed by atoms with Crippen molar-refractivity contribution in [1.29, 1.82) is 0 Å². The van der Waals surface area contributed by atoms with Crippen LogP contribution in [0.15, 0.2) is 48.5 Å². The summed E-state index contributed by atoms with van der Waals surface area (Å²) >= 11 is 5.99. The van der Waals surface area contributed by atoms with Crippen LogP contribution in [0, 0.1) is 6.92 Å². The molecule has 0 aliphatic carbocycles. The fourth-order valence-corrected chi connectivity index (χ4v) is 3.37. The lowest BCUT2D eigenvalue weighted by Gasteiger charge is -2.09. The van der Waals surface area contributed by atoms with E-state index in [0.717, 1.165) is 27.9 Å². The topological polar surface area (TPSA) is 82.2 Å². The van der Waals surface area contributed by atoms with Crippen molar-refractivity contribution in [1.82, 2.24) is 4.98 Å². The Bertz CT molecular complexity index is 1110. The Morgan fingerprint density at radius 3 is 2.56 bits per heavy atom. The van der Waals surface area contributed by atoms with E-state index < -0.39 is 5.97 Å². The van der Waals surface area contributed by atoms with Crippen molar-refractivity contribution < 1.29 is 14.7 Å². The molecule has 27 heavy (non-hydrogen) atoms. The molecule has 4 rings (SSSR count). The second-order valence-electron chi connectivity index (χ2n) is 6.33. The molecule has 0 atom stereocenters. The summed E-state index contributed by atoms with van der Waals surface area (Å²) in [5.41, 5.74) is 5.27. The molecule has 0 spiro atoms. The summed E-state index contributed by atoms with van der Waals surface area (Å²) in [7, 11) is 0. The first-order chi connectivity index (χ1) is 12.9. The van der Waals surface area contributed by atoms with Gasteiger partial charge in [0.15, 0.2) is 0 Å². The van der Waals surface area contributed by atoms with E-state index >= 15 is 0 Å². The first kappa shape index (κ1) is 17.1. The van der Waals surface area contributed by atoms with E-state index in [2.05, 4.69) is 10.3 Å². The Kier molecular flexibility index (Phi) is 4.09. The zero-order chi connectivity index (χ0) is 19.1. The largest absolute Gasteiger partial charge is 0.477 e. The number of carbonyl (C=O) groups excluding carboxylic acids is 1. The number of amides is 1. The lowest BCUT2D eigenvalue weighted by molar-refractivity contribution is -0.110. The summed E-state index contributed by atoms with van der Waals surface area (Å²) in [6.07, 6.45) is 1.70. The molecule has 0 radical (unpaired) electrons. The Morgan fingerprint density at radius 2 is 1.89 bits per heavy atom. The second kappa shape index (κ2) is 6.45. The van der Waals surface area contributed by atoms with Crippen molar-refractivity contribution in [3.05, 3.63) is 76.1 Å². The van der Waals surface area contributed by atoms with E-state index in [1.54, 1.807) is 31.2 Å². The number of halogens is 1. The highest BCUT2D eigenvalue weighted by Gasteiger charge is 2.27. The minimum atomic E-state index is -1.04. The monoisotopic (exact) mass is 378 g/mol. The molecule has 2 aromatic carbocycles. The number of fused-ring (bicyclic) bond motifs is 1. The molecule has 0 unspecified atom stereocenters. The number of rotatable bonds is 3. The van der Waals surface area contributed by atoms with E-state index in [1.807, 2.05) is 30.3 Å². The van der Waals surface area contributed by atoms with Gasteiger partial charge in [-0.1, -0.05) is 35.9 Å². The minimum absolute atomic E-state index is 0.0870. The SMILES string of the molecule is Cc1cc(C(=O)O)[nH]c1C=C1C(=O)Nc2cccc(-c3ccc(Cl)cc3)c21. The number of carbonyl (C=O) groups is 2. The van der Waals surface area contributed by atoms with Gasteiger partial charge < -0.3 is 15.4 Å². The molecule has 0 bridgehead atoms. The second-order valence-corrected chi connectivity index (χ2v) is 6.77. The number of hydrogen-bond acceptors (Lipinski definition) is 2. The molecule has 1 aromatic heterocycles. The number of H-pyrrole nitrogens is 1. The number of aromatic nitrogens is 1. The zero-order valence-electron chi connectivity index (χ0n) is 14.3. The van der Waals surface area contributed by atoms with Crippen LogP contribution in [0.1, 0.15) is 27.3 Å². The van der Waals surface area contributed by atoms with Crippen LogP contribution < -0.4 is 5.32 Å². The van der Waals surface area contributed by atoms with Crippen molar-refractivity contribution in [3.8, 4) is 11.1 Å². The molecule has 1 amide bonds. The quantitative estimate of drug-likeness (QED) is 0.570. The molecule has 134 valence electrons. The molecule has 0 fully saturated rings. The van der Waals surface area contributed by atoms with Gasteiger partial charge in [-0.3, -0.25) is 4.79 Å². The maximum atomic E-state index is 12.6. The number of nitrogens with one attached hydrogen (secondary N) is 2. The summed E-state index contributed by atoms with van der Waals surface area (Å²) in [6, 6.07) is 14.6. The molecular weight excluding hydrogens is 364 g/mol. The van der Waals surface area contributed by atoms with Crippen LogP contribution in [0.3, 0.4) is 0 Å². The normalized spacial score (nSPS) is 14.3. The number of aryl methyl sites for hydroxylation is 1. The first-order valence-corrected chi connectivity index (χ1v) is 8.67. The number of carboxylic acids is 1. The predicted octanol–water partition coefficient (Wildman–Crippen LogP) is 4.83. The molecule has 1 aliphatic heterocycles. The van der Waals surface area contributed by atoms with Gasteiger partial charge in [0.05, 0.1) is 5.57 Å². The van der Waals surface area contributed by atoms with E-state index in [0.29, 0.717) is 16.3 Å². The Morgan fingerprint density at radius 1 is 1.15 bits per heavy atom. The molecular formula is C21H15ClN2O3. The zero-order valence-corrected chi connectivity index (χ0v) is 15.1. The van der Waals surface area contributed by atoms with Crippen LogP contribution in [0.25, 0.3) is 22.8 Å². The van der Waals surface area contributed by atoms with Gasteiger partial charge in [-0.15, -0.1) is 0 Å². The van der Waals surface area contributed by atoms with Gasteiger partial charge in [0.1, 0.15) is 5.69 Å². The third-order valence-electron chi connectivity index (χ3n) is 4.56. The summed E-state index contributed by atoms with van der Waals surface area (Å²) in [5.74, 6) is -1.27. The third kappa shape index (κ3) is 3.02. The van der Waals surface area contributed by atoms with Crippen molar-refractivity contribution in [3.63, 3.8) is 0 Å². The van der Waals surface area contributed by atoms with Crippen molar-refractivity contribution in [2.75, 3.05) is 5.32 Å². The van der Waals surface area contributed by atoms with Crippen LogP contribution in [0.2, 0.25) is 5.02 Å². The van der Waals surface area contributed by atoms with E-state index in [9.17, 15) is 9.59 Å². The number of anilines is 1. The number of benzene rings is 2. The summed E-state index contributed by atoms with van der Waals surface area (Å²) < 4.78 is 0. The molecule has 3 N–H and O–H groups in total. The van der Waals surface area contributed by atoms with Crippen LogP contribution in [-0.4, -0.2) is 22.0 Å². The van der Waals surface area contributed by atoms with Crippen molar-refractivity contribution >= 4 is 40.8 Å². The molecule has 5 nitrogen and oxygen atoms in total. The predicted molar refractivity (Wildman–Crippen MR) is 106 cm³/mol. The number of carboxylic acid groups (broad SMARTS) is 1. The fraction of sp³-hybridized carbons (Fsp3) is 0.0476. The van der Waals surface area contributed by atoms with Crippen LogP contribution in [0.4, 0.5) is 5.69 Å². The minimum Gasteiger partial charge on any atom is -0.477 e. The molecule has 1 aliphatic rings. The average molecular weight is 379 g/mol. The third-order valence-corrected chi connectivity index (χ3v) is 4.81. The molecule has 2 heterocycles. The summed E-state index contributed by atoms with van der Waals surface area (Å²) in [4.78, 5) is 26.6. The highest BCUT2D eigenvalue weighted by atomic mass is 35.5. The highest BCUT2D eigenvalue weighted by Crippen LogP contribution is 2.40. The highest BCUT2D eigenvalue weighted by molar-refractivity contribution is 6.36. The van der Waals surface area contributed by atoms with Gasteiger partial charge in [-0.25, -0.2) is 4.79 Å². The molecule has 0 saturated heterocycles. The lowest BCUT2D eigenvalue weighted by atomic mass is 9.94. The van der Waals surface area contributed by atoms with Crippen molar-refractivity contribution in [2.24, 2.45) is 0 Å². The Balaban J connectivity index is 1.88. The van der Waals surface area contributed by atoms with Crippen LogP contribution in [-0.2, 0) is 4.79 Å². The maximum Gasteiger partial charge on any atom is 0.352 e. The smallest absolute Gasteiger partial charge is 0.352 e. The van der Waals surface area contributed by atoms with E-state index in [-0.39, 0.29) is 11.6 Å². The van der Waals surface area contributed by atoms with E-state index in [4.69, 9.17) is 16.7 Å². The first-order valence-electron chi connectivity index (χ1n) is 8.29. The number of aromatic amines is 1.